The largest absolute Gasteiger partial charge is 0.474 e. The average molecular weight is 294 g/mol. The van der Waals surface area contributed by atoms with Gasteiger partial charge >= 0.3 is 0 Å². The lowest BCUT2D eigenvalue weighted by Crippen LogP contribution is -2.41. The van der Waals surface area contributed by atoms with Gasteiger partial charge in [-0.3, -0.25) is 0 Å². The van der Waals surface area contributed by atoms with Gasteiger partial charge in [-0.2, -0.15) is 5.26 Å². The molecule has 0 aromatic heterocycles. The molecule has 0 atom stereocenters. The zero-order chi connectivity index (χ0) is 16.7. The maximum Gasteiger partial charge on any atom is 0.182 e. The van der Waals surface area contributed by atoms with Crippen LogP contribution in [0.2, 0.25) is 0 Å². The van der Waals surface area contributed by atoms with Crippen LogP contribution in [0, 0.1) is 22.7 Å². The van der Waals surface area contributed by atoms with Gasteiger partial charge in [-0.1, -0.05) is 27.7 Å². The van der Waals surface area contributed by atoms with Gasteiger partial charge in [0.25, 0.3) is 0 Å². The van der Waals surface area contributed by atoms with Crippen LogP contribution in [-0.4, -0.2) is 23.6 Å². The molecule has 0 N–H and O–H groups in total. The molecule has 3 heteroatoms. The fourth-order valence-electron chi connectivity index (χ4n) is 2.75. The Morgan fingerprint density at radius 3 is 2.10 bits per heavy atom. The van der Waals surface area contributed by atoms with Gasteiger partial charge in [0.15, 0.2) is 5.88 Å². The maximum atomic E-state index is 9.48. The molecule has 1 aliphatic rings. The summed E-state index contributed by atoms with van der Waals surface area (Å²) < 4.78 is 5.81. The quantitative estimate of drug-likeness (QED) is 0.688. The van der Waals surface area contributed by atoms with Gasteiger partial charge < -0.3 is 9.64 Å². The molecule has 1 fully saturated rings. The first-order chi connectivity index (χ1) is 9.67. The monoisotopic (exact) mass is 294 g/mol. The van der Waals surface area contributed by atoms with Crippen molar-refractivity contribution in [3.05, 3.63) is 12.5 Å². The second kappa shape index (κ2) is 8.32. The van der Waals surface area contributed by atoms with Crippen molar-refractivity contribution in [1.82, 2.24) is 4.90 Å². The van der Waals surface area contributed by atoms with E-state index in [0.717, 1.165) is 38.2 Å². The minimum atomic E-state index is -0.210. The Balaban J connectivity index is 0.00000191. The highest BCUT2D eigenvalue weighted by Gasteiger charge is 2.36. The highest BCUT2D eigenvalue weighted by molar-refractivity contribution is 5.04. The summed E-state index contributed by atoms with van der Waals surface area (Å²) in [6.45, 7) is 20.2. The van der Waals surface area contributed by atoms with E-state index in [-0.39, 0.29) is 11.0 Å². The molecule has 0 aromatic carbocycles. The van der Waals surface area contributed by atoms with Crippen molar-refractivity contribution in [2.24, 2.45) is 11.3 Å². The topological polar surface area (TPSA) is 36.3 Å². The van der Waals surface area contributed by atoms with E-state index >= 15 is 0 Å². The molecule has 1 heterocycles. The smallest absolute Gasteiger partial charge is 0.182 e. The molecule has 1 saturated heterocycles. The molecule has 0 aromatic rings. The van der Waals surface area contributed by atoms with Crippen molar-refractivity contribution >= 4 is 0 Å². The first kappa shape index (κ1) is 19.8. The minimum Gasteiger partial charge on any atom is -0.474 e. The Morgan fingerprint density at radius 2 is 1.76 bits per heavy atom. The van der Waals surface area contributed by atoms with Gasteiger partial charge in [-0.15, -0.1) is 0 Å². The van der Waals surface area contributed by atoms with Gasteiger partial charge in [0.2, 0.25) is 0 Å². The Kier molecular flexibility index (Phi) is 7.85. The van der Waals surface area contributed by atoms with Gasteiger partial charge in [0.1, 0.15) is 5.60 Å². The van der Waals surface area contributed by atoms with Crippen molar-refractivity contribution in [3.63, 3.8) is 0 Å². The summed E-state index contributed by atoms with van der Waals surface area (Å²) in [4.78, 5) is 2.17. The van der Waals surface area contributed by atoms with E-state index in [0.29, 0.717) is 5.92 Å². The minimum absolute atomic E-state index is 0.146. The lowest BCUT2D eigenvalue weighted by molar-refractivity contribution is -0.0110. The summed E-state index contributed by atoms with van der Waals surface area (Å²) in [7, 11) is 0. The Hall–Kier alpha value is -1.17. The normalized spacial score (nSPS) is 17.6. The zero-order valence-corrected chi connectivity index (χ0v) is 15.1. The van der Waals surface area contributed by atoms with Crippen molar-refractivity contribution < 1.29 is 4.74 Å². The van der Waals surface area contributed by atoms with E-state index in [1.807, 2.05) is 34.6 Å². The average Bonchev–Trinajstić information content (AvgIpc) is 2.39. The summed E-state index contributed by atoms with van der Waals surface area (Å²) in [6.07, 6.45) is 2.81. The molecular formula is C18H34N2O. The van der Waals surface area contributed by atoms with E-state index in [4.69, 9.17) is 4.74 Å². The molecular weight excluding hydrogens is 260 g/mol. The summed E-state index contributed by atoms with van der Waals surface area (Å²) in [6, 6.07) is 2.56. The van der Waals surface area contributed by atoms with Crippen LogP contribution in [-0.2, 0) is 4.74 Å². The highest BCUT2D eigenvalue weighted by atomic mass is 16.5. The summed E-state index contributed by atoms with van der Waals surface area (Å²) >= 11 is 0. The van der Waals surface area contributed by atoms with Crippen molar-refractivity contribution in [2.75, 3.05) is 13.1 Å². The van der Waals surface area contributed by atoms with Crippen LogP contribution in [0.15, 0.2) is 12.5 Å². The fraction of sp³-hybridized carbons (Fsp3) is 0.833. The second-order valence-electron chi connectivity index (χ2n) is 7.09. The molecule has 1 aliphatic heterocycles. The standard InChI is InChI=1S/C16H28N2O.C2H6/c1-13(2)11-16(12-17)7-9-18(10-8-16)14(3)19-15(4,5)6;1-2/h13H,3,7-11H2,1-2,4-6H3;1-2H3. The van der Waals surface area contributed by atoms with Gasteiger partial charge in [0.05, 0.1) is 11.5 Å². The summed E-state index contributed by atoms with van der Waals surface area (Å²) in [5.41, 5.74) is -0.356. The summed E-state index contributed by atoms with van der Waals surface area (Å²) in [5, 5.41) is 9.48. The maximum absolute atomic E-state index is 9.48. The van der Waals surface area contributed by atoms with Crippen molar-refractivity contribution in [3.8, 4) is 6.07 Å². The molecule has 0 amide bonds. The summed E-state index contributed by atoms with van der Waals surface area (Å²) in [5.74, 6) is 1.31. The lowest BCUT2D eigenvalue weighted by Gasteiger charge is -2.40. The third-order valence-corrected chi connectivity index (χ3v) is 3.53. The highest BCUT2D eigenvalue weighted by Crippen LogP contribution is 2.38. The number of ether oxygens (including phenoxy) is 1. The number of nitrogens with zero attached hydrogens (tertiary/aromatic N) is 2. The van der Waals surface area contributed by atoms with Crippen molar-refractivity contribution in [2.45, 2.75) is 73.3 Å². The van der Waals surface area contributed by atoms with Crippen LogP contribution in [0.1, 0.15) is 67.7 Å². The van der Waals surface area contributed by atoms with Crippen LogP contribution in [0.3, 0.4) is 0 Å². The predicted molar refractivity (Wildman–Crippen MR) is 89.6 cm³/mol. The number of hydrogen-bond acceptors (Lipinski definition) is 3. The van der Waals surface area contributed by atoms with Crippen LogP contribution >= 0.6 is 0 Å². The van der Waals surface area contributed by atoms with Gasteiger partial charge in [0, 0.05) is 13.1 Å². The van der Waals surface area contributed by atoms with Gasteiger partial charge in [-0.25, -0.2) is 0 Å². The van der Waals surface area contributed by atoms with Crippen molar-refractivity contribution in [1.29, 1.82) is 5.26 Å². The predicted octanol–water partition coefficient (Wildman–Crippen LogP) is 4.95. The Morgan fingerprint density at radius 1 is 1.29 bits per heavy atom. The molecule has 1 rings (SSSR count). The van der Waals surface area contributed by atoms with Crippen LogP contribution in [0.25, 0.3) is 0 Å². The number of hydrogen-bond donors (Lipinski definition) is 0. The molecule has 0 aliphatic carbocycles. The third-order valence-electron chi connectivity index (χ3n) is 3.53. The molecule has 122 valence electrons. The van der Waals surface area contributed by atoms with E-state index in [2.05, 4.69) is 31.4 Å². The lowest BCUT2D eigenvalue weighted by atomic mass is 9.74. The molecule has 21 heavy (non-hydrogen) atoms. The zero-order valence-electron chi connectivity index (χ0n) is 15.1. The number of piperidine rings is 1. The number of likely N-dealkylation sites (tertiary alicyclic amines) is 1. The molecule has 0 saturated carbocycles. The van der Waals surface area contributed by atoms with Crippen LogP contribution in [0.5, 0.6) is 0 Å². The van der Waals surface area contributed by atoms with E-state index in [1.54, 1.807) is 0 Å². The fourth-order valence-corrected chi connectivity index (χ4v) is 2.75. The molecule has 3 nitrogen and oxygen atoms in total. The molecule has 0 bridgehead atoms. The Labute approximate surface area is 132 Å². The van der Waals surface area contributed by atoms with E-state index in [9.17, 15) is 5.26 Å². The number of nitriles is 1. The van der Waals surface area contributed by atoms with Crippen LogP contribution in [0.4, 0.5) is 0 Å². The molecule has 0 spiro atoms. The molecule has 0 radical (unpaired) electrons. The Bertz CT molecular complexity index is 352. The first-order valence-corrected chi connectivity index (χ1v) is 8.22. The second-order valence-corrected chi connectivity index (χ2v) is 7.09. The SMILES string of the molecule is C=C(OC(C)(C)C)N1CCC(C#N)(CC(C)C)CC1.CC. The van der Waals surface area contributed by atoms with Crippen LogP contribution < -0.4 is 0 Å². The molecule has 0 unspecified atom stereocenters. The van der Waals surface area contributed by atoms with E-state index in [1.165, 1.54) is 0 Å². The first-order valence-electron chi connectivity index (χ1n) is 8.22. The van der Waals surface area contributed by atoms with Gasteiger partial charge in [-0.05, 0) is 52.5 Å². The third kappa shape index (κ3) is 6.89. The number of rotatable bonds is 4. The van der Waals surface area contributed by atoms with E-state index < -0.39 is 0 Å².